The predicted octanol–water partition coefficient (Wildman–Crippen LogP) is 4.37. The largest absolute Gasteiger partial charge is 0.390 e. The standard InChI is InChI=1S/C55H88O20/c1-25-17-34(56)50(63-12)52(64-25)73-46-27(3)65-42(20-35(46)57)70-47-29(5)67-44(22-38(47)61-10)72-49-30(6)68-45(23-39(49)62-11)71-48-28(4)66-43(21-37(48)60-9)69-32-14-15-53(7)31(18-32)13-16-55-40(53)24-41(75-55)54(8)33(26(2)74-55)19-36(58)51(54)59/h13,25-30,32-50,52,56-58H,14-24H2,1-12H3. The van der Waals surface area contributed by atoms with Gasteiger partial charge in [-0.15, -0.1) is 0 Å². The van der Waals surface area contributed by atoms with Crippen LogP contribution in [0, 0.1) is 22.7 Å². The molecule has 7 aliphatic heterocycles. The molecule has 1 spiro atoms. The molecule has 0 aromatic heterocycles. The number of carbonyl (C=O) groups is 1. The lowest BCUT2D eigenvalue weighted by molar-refractivity contribution is -0.353. The van der Waals surface area contributed by atoms with Crippen LogP contribution in [0.3, 0.4) is 0 Å². The number of methoxy groups -OCH3 is 4. The summed E-state index contributed by atoms with van der Waals surface area (Å²) in [6.07, 6.45) is -4.47. The zero-order valence-corrected chi connectivity index (χ0v) is 46.1. The highest BCUT2D eigenvalue weighted by atomic mass is 16.8. The van der Waals surface area contributed by atoms with Crippen molar-refractivity contribution in [2.45, 2.75) is 279 Å². The topological polar surface area (TPSA) is 225 Å². The summed E-state index contributed by atoms with van der Waals surface area (Å²) in [5.74, 6) is -0.873. The summed E-state index contributed by atoms with van der Waals surface area (Å²) in [6.45, 7) is 15.9. The number of ketones is 1. The predicted molar refractivity (Wildman–Crippen MR) is 262 cm³/mol. The van der Waals surface area contributed by atoms with Crippen molar-refractivity contribution in [3.63, 3.8) is 0 Å². The van der Waals surface area contributed by atoms with Crippen LogP contribution in [0.15, 0.2) is 11.6 Å². The fourth-order valence-electron chi connectivity index (χ4n) is 15.3. The summed E-state index contributed by atoms with van der Waals surface area (Å²) >= 11 is 0. The molecule has 0 radical (unpaired) electrons. The van der Waals surface area contributed by atoms with Crippen LogP contribution < -0.4 is 0 Å². The van der Waals surface area contributed by atoms with E-state index in [1.807, 2.05) is 41.5 Å². The number of aliphatic hydroxyl groups excluding tert-OH is 3. The van der Waals surface area contributed by atoms with Gasteiger partial charge in [0.1, 0.15) is 36.6 Å². The van der Waals surface area contributed by atoms with Crippen molar-refractivity contribution in [1.82, 2.24) is 0 Å². The summed E-state index contributed by atoms with van der Waals surface area (Å²) in [7, 11) is 6.46. The van der Waals surface area contributed by atoms with Crippen LogP contribution in [0.5, 0.6) is 0 Å². The first-order valence-electron chi connectivity index (χ1n) is 28.0. The summed E-state index contributed by atoms with van der Waals surface area (Å²) in [5.41, 5.74) is 0.399. The minimum absolute atomic E-state index is 0.0504. The van der Waals surface area contributed by atoms with E-state index >= 15 is 0 Å². The van der Waals surface area contributed by atoms with Crippen LogP contribution in [-0.2, 0) is 80.6 Å². The Kier molecular flexibility index (Phi) is 17.1. The highest BCUT2D eigenvalue weighted by Crippen LogP contribution is 2.66. The highest BCUT2D eigenvalue weighted by Gasteiger charge is 2.70. The molecule has 0 aromatic carbocycles. The van der Waals surface area contributed by atoms with Crippen LogP contribution in [0.2, 0.25) is 0 Å². The molecule has 9 fully saturated rings. The minimum Gasteiger partial charge on any atom is -0.390 e. The van der Waals surface area contributed by atoms with E-state index in [1.54, 1.807) is 28.3 Å². The third kappa shape index (κ3) is 10.6. The van der Waals surface area contributed by atoms with Crippen LogP contribution in [-0.4, -0.2) is 203 Å². The molecule has 75 heavy (non-hydrogen) atoms. The summed E-state index contributed by atoms with van der Waals surface area (Å²) in [6, 6.07) is 0. The van der Waals surface area contributed by atoms with Gasteiger partial charge in [-0.05, 0) is 86.0 Å². The molecule has 10 aliphatic rings. The Morgan fingerprint density at radius 3 is 1.61 bits per heavy atom. The van der Waals surface area contributed by atoms with Crippen LogP contribution in [0.1, 0.15) is 126 Å². The van der Waals surface area contributed by atoms with Crippen molar-refractivity contribution >= 4 is 5.78 Å². The van der Waals surface area contributed by atoms with Gasteiger partial charge in [-0.25, -0.2) is 0 Å². The van der Waals surface area contributed by atoms with Gasteiger partial charge in [-0.1, -0.05) is 18.6 Å². The zero-order valence-electron chi connectivity index (χ0n) is 46.1. The van der Waals surface area contributed by atoms with E-state index in [2.05, 4.69) is 13.0 Å². The minimum atomic E-state index is -0.968. The van der Waals surface area contributed by atoms with E-state index in [-0.39, 0.29) is 66.1 Å². The van der Waals surface area contributed by atoms with Crippen LogP contribution in [0.4, 0.5) is 0 Å². The van der Waals surface area contributed by atoms with Crippen molar-refractivity contribution < 1.29 is 95.9 Å². The average Bonchev–Trinajstić information content (AvgIpc) is 3.85. The molecule has 20 nitrogen and oxygen atoms in total. The molecule has 20 heteroatoms. The van der Waals surface area contributed by atoms with E-state index in [9.17, 15) is 20.1 Å². The first kappa shape index (κ1) is 56.9. The van der Waals surface area contributed by atoms with Crippen molar-refractivity contribution in [3.8, 4) is 0 Å². The lowest BCUT2D eigenvalue weighted by atomic mass is 9.56. The number of aliphatic hydroxyl groups is 3. The van der Waals surface area contributed by atoms with Crippen molar-refractivity contribution in [1.29, 1.82) is 0 Å². The van der Waals surface area contributed by atoms with E-state index < -0.39 is 122 Å². The number of Topliss-reactive ketones (excluding diaryl/α,β-unsaturated/α-hetero) is 1. The van der Waals surface area contributed by atoms with E-state index in [0.29, 0.717) is 38.5 Å². The quantitative estimate of drug-likeness (QED) is 0.206. The van der Waals surface area contributed by atoms with Crippen LogP contribution >= 0.6 is 0 Å². The van der Waals surface area contributed by atoms with Gasteiger partial charge in [0.25, 0.3) is 0 Å². The van der Waals surface area contributed by atoms with E-state index in [0.717, 1.165) is 25.7 Å². The molecule has 3 aliphatic carbocycles. The maximum Gasteiger partial charge on any atom is 0.187 e. The maximum atomic E-state index is 13.5. The molecular weight excluding hydrogens is 981 g/mol. The van der Waals surface area contributed by atoms with Gasteiger partial charge in [0.05, 0.1) is 84.8 Å². The molecule has 2 bridgehead atoms. The number of ether oxygens (including phenoxy) is 16. The normalized spacial score (nSPS) is 54.1. The monoisotopic (exact) mass is 1070 g/mol. The van der Waals surface area contributed by atoms with Crippen molar-refractivity contribution in [2.75, 3.05) is 28.4 Å². The lowest BCUT2D eigenvalue weighted by Gasteiger charge is -2.53. The molecule has 7 heterocycles. The zero-order chi connectivity index (χ0) is 53.5. The summed E-state index contributed by atoms with van der Waals surface area (Å²) in [5, 5.41) is 32.5. The molecule has 7 saturated heterocycles. The van der Waals surface area contributed by atoms with Gasteiger partial charge in [-0.2, -0.15) is 0 Å². The molecule has 428 valence electrons. The highest BCUT2D eigenvalue weighted by molar-refractivity contribution is 5.91. The fraction of sp³-hybridized carbons (Fsp3) is 0.945. The average molecular weight is 1070 g/mol. The number of fused-ring (bicyclic) bond motifs is 5. The number of carbonyl (C=O) groups excluding carboxylic acids is 1. The van der Waals surface area contributed by atoms with Crippen molar-refractivity contribution in [3.05, 3.63) is 11.6 Å². The second kappa shape index (κ2) is 22.5. The van der Waals surface area contributed by atoms with Gasteiger partial charge < -0.3 is 91.1 Å². The third-order valence-electron chi connectivity index (χ3n) is 19.4. The number of rotatable bonds is 14. The maximum absolute atomic E-state index is 13.5. The summed E-state index contributed by atoms with van der Waals surface area (Å²) in [4.78, 5) is 13.5. The Bertz CT molecular complexity index is 1990. The Labute approximate surface area is 442 Å². The smallest absolute Gasteiger partial charge is 0.187 e. The molecule has 29 atom stereocenters. The van der Waals surface area contributed by atoms with Gasteiger partial charge in [-0.3, -0.25) is 4.79 Å². The van der Waals surface area contributed by atoms with Gasteiger partial charge in [0.15, 0.2) is 43.0 Å². The first-order valence-corrected chi connectivity index (χ1v) is 28.0. The SMILES string of the molecule is COC1CC(OC2C(C)OC(OC3C(C)OC(OC4CCC5(C)C(=CCC67OC(C)C8CC(O)C(=O)C8(C)C(CC65)O7)C4)CC3OC)CC2OC)OC(C)C1OC1CC(O)C(OC2OC(C)CC(O)C2OC)C(C)O1. The fourth-order valence-corrected chi connectivity index (χ4v) is 15.3. The molecular formula is C55H88O20. The van der Waals surface area contributed by atoms with Crippen LogP contribution in [0.25, 0.3) is 0 Å². The Hall–Kier alpha value is -1.35. The van der Waals surface area contributed by atoms with Gasteiger partial charge >= 0.3 is 0 Å². The molecule has 3 N–H and O–H groups in total. The van der Waals surface area contributed by atoms with Gasteiger partial charge in [0, 0.05) is 78.8 Å². The molecule has 10 rings (SSSR count). The number of hydrogen-bond donors (Lipinski definition) is 3. The second-order valence-corrected chi connectivity index (χ2v) is 24.0. The molecule has 0 aromatic rings. The summed E-state index contributed by atoms with van der Waals surface area (Å²) < 4.78 is 102. The molecule has 0 amide bonds. The van der Waals surface area contributed by atoms with Gasteiger partial charge in [0.2, 0.25) is 0 Å². The lowest BCUT2D eigenvalue weighted by Crippen LogP contribution is -2.58. The second-order valence-electron chi connectivity index (χ2n) is 24.0. The van der Waals surface area contributed by atoms with Crippen molar-refractivity contribution in [2.24, 2.45) is 22.7 Å². The molecule has 2 saturated carbocycles. The Balaban J connectivity index is 0.695. The number of hydrogen-bond acceptors (Lipinski definition) is 20. The Morgan fingerprint density at radius 2 is 1.08 bits per heavy atom. The molecule has 29 unspecified atom stereocenters. The third-order valence-corrected chi connectivity index (χ3v) is 19.4. The Morgan fingerprint density at radius 1 is 0.560 bits per heavy atom. The van der Waals surface area contributed by atoms with E-state index in [1.165, 1.54) is 12.7 Å². The first-order chi connectivity index (χ1) is 35.7. The van der Waals surface area contributed by atoms with E-state index in [4.69, 9.17) is 75.8 Å².